The van der Waals surface area contributed by atoms with Gasteiger partial charge in [-0.2, -0.15) is 0 Å². The van der Waals surface area contributed by atoms with E-state index in [1.807, 2.05) is 18.2 Å². The standard InChI is InChI=1S/C19H21N3O4/c1-3-4-7-21-12-5-6-15-14(10-12)22-17-13(19(24)25)8-11(18(23)20-2)9-16(17)26-15/h5-6,8-10,21-22H,3-4,7H2,1-2H3,(H,20,23)(H,24,25). The predicted octanol–water partition coefficient (Wildman–Crippen LogP) is 3.81. The monoisotopic (exact) mass is 355 g/mol. The zero-order valence-electron chi connectivity index (χ0n) is 14.7. The van der Waals surface area contributed by atoms with E-state index in [9.17, 15) is 14.7 Å². The molecule has 26 heavy (non-hydrogen) atoms. The van der Waals surface area contributed by atoms with Crippen molar-refractivity contribution in [2.24, 2.45) is 0 Å². The maximum Gasteiger partial charge on any atom is 0.337 e. The van der Waals surface area contributed by atoms with Crippen LogP contribution >= 0.6 is 0 Å². The molecular formula is C19H21N3O4. The molecule has 7 heteroatoms. The Morgan fingerprint density at radius 1 is 1.19 bits per heavy atom. The molecule has 1 heterocycles. The van der Waals surface area contributed by atoms with Crippen LogP contribution in [0.2, 0.25) is 0 Å². The lowest BCUT2D eigenvalue weighted by molar-refractivity contribution is 0.0697. The summed E-state index contributed by atoms with van der Waals surface area (Å²) in [6, 6.07) is 8.47. The van der Waals surface area contributed by atoms with Crippen LogP contribution in [0.25, 0.3) is 0 Å². The molecule has 4 N–H and O–H groups in total. The number of amides is 1. The van der Waals surface area contributed by atoms with Crippen molar-refractivity contribution in [3.05, 3.63) is 41.5 Å². The summed E-state index contributed by atoms with van der Waals surface area (Å²) in [7, 11) is 1.49. The number of ether oxygens (including phenoxy) is 1. The third-order valence-electron chi connectivity index (χ3n) is 4.14. The fourth-order valence-corrected chi connectivity index (χ4v) is 2.76. The summed E-state index contributed by atoms with van der Waals surface area (Å²) in [4.78, 5) is 23.6. The van der Waals surface area contributed by atoms with E-state index >= 15 is 0 Å². The molecule has 2 aromatic rings. The van der Waals surface area contributed by atoms with Gasteiger partial charge >= 0.3 is 5.97 Å². The molecule has 1 aliphatic heterocycles. The van der Waals surface area contributed by atoms with Crippen LogP contribution < -0.4 is 20.7 Å². The number of benzene rings is 2. The first kappa shape index (κ1) is 17.6. The molecular weight excluding hydrogens is 334 g/mol. The largest absolute Gasteiger partial charge is 0.478 e. The Morgan fingerprint density at radius 2 is 2.00 bits per heavy atom. The van der Waals surface area contributed by atoms with E-state index in [0.717, 1.165) is 25.1 Å². The van der Waals surface area contributed by atoms with Crippen molar-refractivity contribution in [1.82, 2.24) is 5.32 Å². The van der Waals surface area contributed by atoms with Crippen molar-refractivity contribution >= 4 is 28.9 Å². The Kier molecular flexibility index (Phi) is 4.97. The molecule has 0 unspecified atom stereocenters. The van der Waals surface area contributed by atoms with Crippen LogP contribution in [-0.2, 0) is 0 Å². The number of rotatable bonds is 6. The van der Waals surface area contributed by atoms with E-state index in [4.69, 9.17) is 4.74 Å². The first-order chi connectivity index (χ1) is 12.5. The number of hydrogen-bond acceptors (Lipinski definition) is 5. The zero-order valence-corrected chi connectivity index (χ0v) is 14.7. The fraction of sp³-hybridized carbons (Fsp3) is 0.263. The highest BCUT2D eigenvalue weighted by Crippen LogP contribution is 2.45. The Labute approximate surface area is 151 Å². The molecule has 136 valence electrons. The first-order valence-corrected chi connectivity index (χ1v) is 8.49. The van der Waals surface area contributed by atoms with Gasteiger partial charge in [-0.3, -0.25) is 4.79 Å². The van der Waals surface area contributed by atoms with Gasteiger partial charge in [-0.05, 0) is 36.8 Å². The lowest BCUT2D eigenvalue weighted by Crippen LogP contribution is -2.19. The Hall–Kier alpha value is -3.22. The quantitative estimate of drug-likeness (QED) is 0.502. The Balaban J connectivity index is 1.96. The van der Waals surface area contributed by atoms with E-state index in [-0.39, 0.29) is 17.0 Å². The van der Waals surface area contributed by atoms with E-state index in [2.05, 4.69) is 22.9 Å². The van der Waals surface area contributed by atoms with Crippen molar-refractivity contribution in [3.8, 4) is 11.5 Å². The summed E-state index contributed by atoms with van der Waals surface area (Å²) in [5.41, 5.74) is 2.15. The van der Waals surface area contributed by atoms with E-state index in [1.54, 1.807) is 0 Å². The van der Waals surface area contributed by atoms with Crippen LogP contribution in [0.5, 0.6) is 11.5 Å². The number of carbonyl (C=O) groups excluding carboxylic acids is 1. The summed E-state index contributed by atoms with van der Waals surface area (Å²) in [5, 5.41) is 18.5. The molecule has 0 fully saturated rings. The molecule has 0 atom stereocenters. The van der Waals surface area contributed by atoms with Gasteiger partial charge in [0.2, 0.25) is 0 Å². The minimum Gasteiger partial charge on any atom is -0.478 e. The third kappa shape index (κ3) is 3.42. The van der Waals surface area contributed by atoms with Crippen LogP contribution in [0.3, 0.4) is 0 Å². The van der Waals surface area contributed by atoms with Crippen LogP contribution in [0, 0.1) is 0 Å². The molecule has 0 aliphatic carbocycles. The minimum absolute atomic E-state index is 0.0175. The topological polar surface area (TPSA) is 99.7 Å². The first-order valence-electron chi connectivity index (χ1n) is 8.49. The summed E-state index contributed by atoms with van der Waals surface area (Å²) in [6.45, 7) is 2.99. The molecule has 0 radical (unpaired) electrons. The number of carboxylic acids is 1. The molecule has 0 aromatic heterocycles. The summed E-state index contributed by atoms with van der Waals surface area (Å²) in [5.74, 6) is -0.629. The molecule has 0 spiro atoms. The van der Waals surface area contributed by atoms with Crippen LogP contribution in [0.1, 0.15) is 40.5 Å². The number of carboxylic acid groups (broad SMARTS) is 1. The van der Waals surface area contributed by atoms with Crippen molar-refractivity contribution in [2.75, 3.05) is 24.2 Å². The van der Waals surface area contributed by atoms with Crippen molar-refractivity contribution in [1.29, 1.82) is 0 Å². The van der Waals surface area contributed by atoms with Crippen LogP contribution in [0.4, 0.5) is 17.1 Å². The van der Waals surface area contributed by atoms with E-state index in [0.29, 0.717) is 22.9 Å². The molecule has 1 aliphatic rings. The number of unbranched alkanes of at least 4 members (excludes halogenated alkanes) is 1. The Bertz CT molecular complexity index is 864. The second kappa shape index (κ2) is 7.35. The van der Waals surface area contributed by atoms with Crippen LogP contribution in [0.15, 0.2) is 30.3 Å². The maximum atomic E-state index is 11.9. The number of aromatic carboxylic acids is 1. The van der Waals surface area contributed by atoms with E-state index < -0.39 is 5.97 Å². The molecule has 2 aromatic carbocycles. The maximum absolute atomic E-state index is 11.9. The SMILES string of the molecule is CCCCNc1ccc2c(c1)Nc1c(cc(C(=O)NC)cc1C(=O)O)O2. The predicted molar refractivity (Wildman–Crippen MR) is 100.0 cm³/mol. The number of nitrogens with one attached hydrogen (secondary N) is 3. The molecule has 7 nitrogen and oxygen atoms in total. The van der Waals surface area contributed by atoms with Gasteiger partial charge in [0.05, 0.1) is 16.9 Å². The molecule has 1 amide bonds. The molecule has 3 rings (SSSR count). The summed E-state index contributed by atoms with van der Waals surface area (Å²) >= 11 is 0. The second-order valence-electron chi connectivity index (χ2n) is 6.00. The van der Waals surface area contributed by atoms with Gasteiger partial charge in [0.15, 0.2) is 11.5 Å². The van der Waals surface area contributed by atoms with Gasteiger partial charge in [-0.15, -0.1) is 0 Å². The van der Waals surface area contributed by atoms with Gasteiger partial charge in [0.1, 0.15) is 0 Å². The van der Waals surface area contributed by atoms with Crippen molar-refractivity contribution in [2.45, 2.75) is 19.8 Å². The van der Waals surface area contributed by atoms with Crippen molar-refractivity contribution in [3.63, 3.8) is 0 Å². The smallest absolute Gasteiger partial charge is 0.337 e. The average molecular weight is 355 g/mol. The second-order valence-corrected chi connectivity index (χ2v) is 6.00. The average Bonchev–Trinajstić information content (AvgIpc) is 2.64. The van der Waals surface area contributed by atoms with Gasteiger partial charge < -0.3 is 25.8 Å². The van der Waals surface area contributed by atoms with Gasteiger partial charge in [0.25, 0.3) is 5.91 Å². The number of anilines is 3. The highest BCUT2D eigenvalue weighted by atomic mass is 16.5. The number of hydrogen-bond donors (Lipinski definition) is 4. The summed E-state index contributed by atoms with van der Waals surface area (Å²) < 4.78 is 5.85. The molecule has 0 saturated carbocycles. The highest BCUT2D eigenvalue weighted by molar-refractivity contribution is 6.03. The molecule has 0 bridgehead atoms. The van der Waals surface area contributed by atoms with E-state index in [1.165, 1.54) is 19.2 Å². The summed E-state index contributed by atoms with van der Waals surface area (Å²) in [6.07, 6.45) is 2.16. The normalized spacial score (nSPS) is 11.5. The van der Waals surface area contributed by atoms with Gasteiger partial charge in [-0.25, -0.2) is 4.79 Å². The zero-order chi connectivity index (χ0) is 18.7. The van der Waals surface area contributed by atoms with Gasteiger partial charge in [-0.1, -0.05) is 13.3 Å². The molecule has 0 saturated heterocycles. The Morgan fingerprint density at radius 3 is 2.69 bits per heavy atom. The number of fused-ring (bicyclic) bond motifs is 2. The third-order valence-corrected chi connectivity index (χ3v) is 4.14. The van der Waals surface area contributed by atoms with Crippen molar-refractivity contribution < 1.29 is 19.4 Å². The van der Waals surface area contributed by atoms with Gasteiger partial charge in [0, 0.05) is 24.8 Å². The lowest BCUT2D eigenvalue weighted by atomic mass is 10.0. The van der Waals surface area contributed by atoms with Crippen LogP contribution in [-0.4, -0.2) is 30.6 Å². The highest BCUT2D eigenvalue weighted by Gasteiger charge is 2.25. The fourth-order valence-electron chi connectivity index (χ4n) is 2.76. The minimum atomic E-state index is -1.14. The number of carbonyl (C=O) groups is 2. The lowest BCUT2D eigenvalue weighted by Gasteiger charge is -2.24.